The fraction of sp³-hybridized carbons (Fsp3) is 0.571. The average Bonchev–Trinajstić information content (AvgIpc) is 2.34. The summed E-state index contributed by atoms with van der Waals surface area (Å²) in [6.45, 7) is 5.30. The van der Waals surface area contributed by atoms with E-state index >= 15 is 0 Å². The Morgan fingerprint density at radius 3 is 2.50 bits per heavy atom. The van der Waals surface area contributed by atoms with E-state index in [2.05, 4.69) is 52.8 Å². The molecule has 0 unspecified atom stereocenters. The van der Waals surface area contributed by atoms with Crippen molar-refractivity contribution in [2.75, 3.05) is 38.6 Å². The Morgan fingerprint density at radius 2 is 1.94 bits per heavy atom. The van der Waals surface area contributed by atoms with Crippen LogP contribution in [0.2, 0.25) is 0 Å². The Hall–Kier alpha value is -0.580. The smallest absolute Gasteiger partial charge is 0.0702 e. The number of halogens is 1. The van der Waals surface area contributed by atoms with Crippen LogP contribution in [0.4, 0.5) is 5.69 Å². The fourth-order valence-corrected chi connectivity index (χ4v) is 2.42. The highest BCUT2D eigenvalue weighted by molar-refractivity contribution is 9.10. The highest BCUT2D eigenvalue weighted by atomic mass is 79.9. The molecule has 1 aromatic carbocycles. The van der Waals surface area contributed by atoms with E-state index in [0.717, 1.165) is 41.8 Å². The summed E-state index contributed by atoms with van der Waals surface area (Å²) in [7, 11) is 4.18. The molecule has 1 rings (SSSR count). The van der Waals surface area contributed by atoms with Crippen molar-refractivity contribution in [1.82, 2.24) is 4.90 Å². The van der Waals surface area contributed by atoms with Crippen LogP contribution in [-0.2, 0) is 6.61 Å². The third kappa shape index (κ3) is 4.59. The summed E-state index contributed by atoms with van der Waals surface area (Å²) < 4.78 is 1.01. The van der Waals surface area contributed by atoms with Gasteiger partial charge < -0.3 is 14.9 Å². The Morgan fingerprint density at radius 1 is 1.22 bits per heavy atom. The number of benzene rings is 1. The number of aliphatic hydroxyl groups is 1. The van der Waals surface area contributed by atoms with Crippen molar-refractivity contribution in [2.45, 2.75) is 20.0 Å². The number of anilines is 1. The van der Waals surface area contributed by atoms with Crippen LogP contribution in [0.15, 0.2) is 22.7 Å². The second-order valence-electron chi connectivity index (χ2n) is 4.67. The van der Waals surface area contributed by atoms with Gasteiger partial charge in [-0.15, -0.1) is 0 Å². The monoisotopic (exact) mass is 314 g/mol. The van der Waals surface area contributed by atoms with Gasteiger partial charge in [0.2, 0.25) is 0 Å². The summed E-state index contributed by atoms with van der Waals surface area (Å²) in [5.41, 5.74) is 2.12. The maximum Gasteiger partial charge on any atom is 0.0702 e. The molecular weight excluding hydrogens is 292 g/mol. The van der Waals surface area contributed by atoms with Crippen LogP contribution in [-0.4, -0.2) is 43.7 Å². The first-order chi connectivity index (χ1) is 8.58. The molecule has 0 bridgehead atoms. The van der Waals surface area contributed by atoms with E-state index in [0.29, 0.717) is 0 Å². The zero-order valence-corrected chi connectivity index (χ0v) is 13.1. The van der Waals surface area contributed by atoms with Crippen LogP contribution >= 0.6 is 15.9 Å². The summed E-state index contributed by atoms with van der Waals surface area (Å²) in [6, 6.07) is 6.10. The molecule has 0 aromatic heterocycles. The van der Waals surface area contributed by atoms with Crippen molar-refractivity contribution in [3.63, 3.8) is 0 Å². The Bertz CT molecular complexity index is 369. The van der Waals surface area contributed by atoms with E-state index in [1.54, 1.807) is 0 Å². The van der Waals surface area contributed by atoms with Gasteiger partial charge in [-0.25, -0.2) is 0 Å². The van der Waals surface area contributed by atoms with Gasteiger partial charge in [-0.2, -0.15) is 0 Å². The van der Waals surface area contributed by atoms with Crippen molar-refractivity contribution in [3.05, 3.63) is 28.2 Å². The molecule has 0 aliphatic heterocycles. The highest BCUT2D eigenvalue weighted by Gasteiger charge is 2.09. The number of hydrogen-bond donors (Lipinski definition) is 1. The normalized spacial score (nSPS) is 11.0. The van der Waals surface area contributed by atoms with Crippen LogP contribution in [0.5, 0.6) is 0 Å². The summed E-state index contributed by atoms with van der Waals surface area (Å²) in [5, 5.41) is 9.45. The van der Waals surface area contributed by atoms with Crippen LogP contribution < -0.4 is 4.90 Å². The molecule has 3 nitrogen and oxygen atoms in total. The van der Waals surface area contributed by atoms with Gasteiger partial charge in [0.05, 0.1) is 6.61 Å². The van der Waals surface area contributed by atoms with Gasteiger partial charge in [0.1, 0.15) is 0 Å². The summed E-state index contributed by atoms with van der Waals surface area (Å²) in [4.78, 5) is 4.52. The molecule has 0 atom stereocenters. The lowest BCUT2D eigenvalue weighted by Gasteiger charge is -2.26. The topological polar surface area (TPSA) is 26.7 Å². The maximum atomic E-state index is 9.45. The van der Waals surface area contributed by atoms with E-state index in [1.807, 2.05) is 12.1 Å². The Balaban J connectivity index is 2.75. The zero-order chi connectivity index (χ0) is 13.5. The predicted molar refractivity (Wildman–Crippen MR) is 81.1 cm³/mol. The van der Waals surface area contributed by atoms with Gasteiger partial charge in [0.15, 0.2) is 0 Å². The molecule has 102 valence electrons. The average molecular weight is 315 g/mol. The standard InChI is InChI=1S/C14H23BrN2O/c1-4-17(9-5-8-16(2)3)14-7-6-13(15)10-12(14)11-18/h6-7,10,18H,4-5,8-9,11H2,1-3H3. The number of hydrogen-bond acceptors (Lipinski definition) is 3. The molecule has 1 aromatic rings. The van der Waals surface area contributed by atoms with E-state index in [9.17, 15) is 5.11 Å². The molecule has 0 spiro atoms. The first-order valence-corrected chi connectivity index (χ1v) is 7.16. The van der Waals surface area contributed by atoms with E-state index in [-0.39, 0.29) is 6.61 Å². The molecule has 18 heavy (non-hydrogen) atoms. The third-order valence-corrected chi connectivity index (χ3v) is 3.46. The number of nitrogens with zero attached hydrogens (tertiary/aromatic N) is 2. The van der Waals surface area contributed by atoms with Crippen molar-refractivity contribution in [3.8, 4) is 0 Å². The van der Waals surface area contributed by atoms with Crippen molar-refractivity contribution < 1.29 is 5.11 Å². The Kier molecular flexibility index (Phi) is 6.68. The van der Waals surface area contributed by atoms with Crippen LogP contribution in [0.25, 0.3) is 0 Å². The van der Waals surface area contributed by atoms with Gasteiger partial charge in [0.25, 0.3) is 0 Å². The molecule has 0 radical (unpaired) electrons. The molecule has 0 saturated heterocycles. The minimum Gasteiger partial charge on any atom is -0.392 e. The second kappa shape index (κ2) is 7.77. The second-order valence-corrected chi connectivity index (χ2v) is 5.58. The molecular formula is C14H23BrN2O. The van der Waals surface area contributed by atoms with Gasteiger partial charge in [-0.05, 0) is 52.2 Å². The van der Waals surface area contributed by atoms with Crippen LogP contribution in [0.3, 0.4) is 0 Å². The first-order valence-electron chi connectivity index (χ1n) is 6.37. The number of rotatable bonds is 7. The molecule has 0 aliphatic rings. The minimum absolute atomic E-state index is 0.0823. The Labute approximate surface area is 119 Å². The molecule has 1 N–H and O–H groups in total. The quantitative estimate of drug-likeness (QED) is 0.838. The molecule has 0 amide bonds. The van der Waals surface area contributed by atoms with E-state index in [1.165, 1.54) is 0 Å². The van der Waals surface area contributed by atoms with E-state index in [4.69, 9.17) is 0 Å². The maximum absolute atomic E-state index is 9.45. The predicted octanol–water partition coefficient (Wildman–Crippen LogP) is 2.72. The zero-order valence-electron chi connectivity index (χ0n) is 11.5. The van der Waals surface area contributed by atoms with Gasteiger partial charge in [-0.1, -0.05) is 15.9 Å². The molecule has 0 aliphatic carbocycles. The molecule has 0 saturated carbocycles. The van der Waals surface area contributed by atoms with Crippen molar-refractivity contribution >= 4 is 21.6 Å². The van der Waals surface area contributed by atoms with Crippen LogP contribution in [0.1, 0.15) is 18.9 Å². The van der Waals surface area contributed by atoms with Crippen molar-refractivity contribution in [2.24, 2.45) is 0 Å². The largest absolute Gasteiger partial charge is 0.392 e. The fourth-order valence-electron chi connectivity index (χ4n) is 2.02. The summed E-state index contributed by atoms with van der Waals surface area (Å²) >= 11 is 3.44. The third-order valence-electron chi connectivity index (χ3n) is 2.97. The SMILES string of the molecule is CCN(CCCN(C)C)c1ccc(Br)cc1CO. The number of aliphatic hydroxyl groups excluding tert-OH is 1. The molecule has 0 heterocycles. The summed E-state index contributed by atoms with van der Waals surface area (Å²) in [6.07, 6.45) is 1.13. The van der Waals surface area contributed by atoms with Crippen molar-refractivity contribution in [1.29, 1.82) is 0 Å². The van der Waals surface area contributed by atoms with E-state index < -0.39 is 0 Å². The van der Waals surface area contributed by atoms with Crippen LogP contribution in [0, 0.1) is 0 Å². The first kappa shape index (κ1) is 15.5. The lowest BCUT2D eigenvalue weighted by molar-refractivity contribution is 0.282. The lowest BCUT2D eigenvalue weighted by atomic mass is 10.1. The van der Waals surface area contributed by atoms with Gasteiger partial charge in [0, 0.05) is 28.8 Å². The lowest BCUT2D eigenvalue weighted by Crippen LogP contribution is -2.27. The molecule has 4 heteroatoms. The minimum atomic E-state index is 0.0823. The summed E-state index contributed by atoms with van der Waals surface area (Å²) in [5.74, 6) is 0. The highest BCUT2D eigenvalue weighted by Crippen LogP contribution is 2.24. The van der Waals surface area contributed by atoms with Gasteiger partial charge in [-0.3, -0.25) is 0 Å². The molecule has 0 fully saturated rings. The van der Waals surface area contributed by atoms with Gasteiger partial charge >= 0.3 is 0 Å².